The number of anilines is 2. The minimum atomic E-state index is -0.473. The summed E-state index contributed by atoms with van der Waals surface area (Å²) in [6.07, 6.45) is 5.27. The van der Waals surface area contributed by atoms with Crippen LogP contribution in [0, 0.1) is 29.8 Å². The van der Waals surface area contributed by atoms with E-state index in [1.807, 2.05) is 13.8 Å². The number of hydrogen-bond donors (Lipinski definition) is 2. The lowest BCUT2D eigenvalue weighted by molar-refractivity contribution is 0.0593. The molecule has 142 valence electrons. The third kappa shape index (κ3) is 5.62. The van der Waals surface area contributed by atoms with E-state index in [1.165, 1.54) is 14.2 Å². The Hall–Kier alpha value is -2.73. The molecule has 0 saturated heterocycles. The van der Waals surface area contributed by atoms with Crippen LogP contribution in [0.4, 0.5) is 11.4 Å². The van der Waals surface area contributed by atoms with E-state index in [-0.39, 0.29) is 0 Å². The maximum atomic E-state index is 11.2. The fourth-order valence-corrected chi connectivity index (χ4v) is 2.63. The fraction of sp³-hybridized carbons (Fsp3) is 0.200. The van der Waals surface area contributed by atoms with Gasteiger partial charge in [0.15, 0.2) is 0 Å². The van der Waals surface area contributed by atoms with Crippen LogP contribution in [0.5, 0.6) is 0 Å². The van der Waals surface area contributed by atoms with Crippen molar-refractivity contribution >= 4 is 45.9 Å². The topological polar surface area (TPSA) is 105 Å². The lowest BCUT2D eigenvalue weighted by Crippen LogP contribution is -2.06. The van der Waals surface area contributed by atoms with E-state index in [0.29, 0.717) is 28.1 Å². The van der Waals surface area contributed by atoms with E-state index < -0.39 is 11.9 Å². The Bertz CT molecular complexity index is 917. The zero-order chi connectivity index (χ0) is 20.7. The first-order valence-corrected chi connectivity index (χ1v) is 8.83. The van der Waals surface area contributed by atoms with Gasteiger partial charge in [0.05, 0.1) is 25.3 Å². The van der Waals surface area contributed by atoms with Crippen LogP contribution >= 0.6 is 22.6 Å². The second-order valence-corrected chi connectivity index (χ2v) is 6.73. The van der Waals surface area contributed by atoms with Crippen LogP contribution in [0.25, 0.3) is 0 Å². The molecule has 6 nitrogen and oxygen atoms in total. The molecule has 0 aliphatic heterocycles. The van der Waals surface area contributed by atoms with Gasteiger partial charge in [-0.15, -0.1) is 6.42 Å². The van der Waals surface area contributed by atoms with Crippen LogP contribution in [-0.4, -0.2) is 26.2 Å². The van der Waals surface area contributed by atoms with Crippen LogP contribution in [-0.2, 0) is 9.47 Å². The molecule has 0 bridgehead atoms. The fourth-order valence-electron chi connectivity index (χ4n) is 2.16. The first-order chi connectivity index (χ1) is 12.7. The van der Waals surface area contributed by atoms with Gasteiger partial charge in [-0.05, 0) is 71.8 Å². The lowest BCUT2D eigenvalue weighted by atomic mass is 10.0. The summed E-state index contributed by atoms with van der Waals surface area (Å²) in [5, 5.41) is 0. The monoisotopic (exact) mass is 480 g/mol. The van der Waals surface area contributed by atoms with Gasteiger partial charge in [0, 0.05) is 20.5 Å². The van der Waals surface area contributed by atoms with E-state index in [0.717, 1.165) is 14.7 Å². The van der Waals surface area contributed by atoms with Gasteiger partial charge >= 0.3 is 11.9 Å². The molecular formula is C20H21IN2O4. The molecule has 4 N–H and O–H groups in total. The summed E-state index contributed by atoms with van der Waals surface area (Å²) in [5.41, 5.74) is 15.5. The number of carbonyl (C=O) groups is 2. The molecule has 0 unspecified atom stereocenters. The van der Waals surface area contributed by atoms with E-state index in [4.69, 9.17) is 17.9 Å². The van der Waals surface area contributed by atoms with E-state index in [1.54, 1.807) is 24.3 Å². The van der Waals surface area contributed by atoms with Crippen LogP contribution in [0.3, 0.4) is 0 Å². The van der Waals surface area contributed by atoms with Crippen molar-refractivity contribution in [3.63, 3.8) is 0 Å². The molecule has 0 spiro atoms. The van der Waals surface area contributed by atoms with E-state index >= 15 is 0 Å². The first-order valence-electron chi connectivity index (χ1n) is 7.75. The van der Waals surface area contributed by atoms with Crippen molar-refractivity contribution in [2.45, 2.75) is 13.8 Å². The quantitative estimate of drug-likeness (QED) is 0.296. The third-order valence-corrected chi connectivity index (χ3v) is 4.86. The van der Waals surface area contributed by atoms with Gasteiger partial charge < -0.3 is 20.9 Å². The van der Waals surface area contributed by atoms with Crippen molar-refractivity contribution in [2.75, 3.05) is 25.7 Å². The summed E-state index contributed by atoms with van der Waals surface area (Å²) in [7, 11) is 2.64. The number of nitrogens with two attached hydrogens (primary N) is 2. The van der Waals surface area contributed by atoms with Gasteiger partial charge in [0.2, 0.25) is 0 Å². The van der Waals surface area contributed by atoms with Crippen LogP contribution in [0.2, 0.25) is 0 Å². The molecule has 0 saturated carbocycles. The number of carbonyl (C=O) groups excluding carboxylic acids is 2. The highest BCUT2D eigenvalue weighted by Crippen LogP contribution is 2.21. The number of aryl methyl sites for hydroxylation is 2. The maximum Gasteiger partial charge on any atom is 0.339 e. The number of halogens is 1. The minimum Gasteiger partial charge on any atom is -0.465 e. The van der Waals surface area contributed by atoms with Gasteiger partial charge in [-0.3, -0.25) is 0 Å². The highest BCUT2D eigenvalue weighted by Gasteiger charge is 2.12. The molecule has 0 aliphatic carbocycles. The zero-order valence-corrected chi connectivity index (χ0v) is 17.7. The van der Waals surface area contributed by atoms with Gasteiger partial charge in [0.25, 0.3) is 0 Å². The molecular weight excluding hydrogens is 459 g/mol. The highest BCUT2D eigenvalue weighted by molar-refractivity contribution is 14.1. The number of esters is 2. The molecule has 2 rings (SSSR count). The number of hydrogen-bond acceptors (Lipinski definition) is 6. The van der Waals surface area contributed by atoms with Gasteiger partial charge in [-0.2, -0.15) is 0 Å². The summed E-state index contributed by atoms with van der Waals surface area (Å²) >= 11 is 2.15. The molecule has 0 aromatic heterocycles. The molecule has 0 fully saturated rings. The number of methoxy groups -OCH3 is 2. The Balaban J connectivity index is 0.000000271. The first kappa shape index (κ1) is 22.3. The van der Waals surface area contributed by atoms with E-state index in [9.17, 15) is 9.59 Å². The smallest absolute Gasteiger partial charge is 0.339 e. The van der Waals surface area contributed by atoms with Gasteiger partial charge in [-0.1, -0.05) is 5.92 Å². The molecule has 27 heavy (non-hydrogen) atoms. The normalized spacial score (nSPS) is 9.48. The third-order valence-electron chi connectivity index (χ3n) is 3.69. The molecule has 0 atom stereocenters. The van der Waals surface area contributed by atoms with Crippen molar-refractivity contribution in [1.82, 2.24) is 0 Å². The summed E-state index contributed by atoms with van der Waals surface area (Å²) in [6.45, 7) is 3.78. The number of terminal acetylenes is 1. The van der Waals surface area contributed by atoms with Crippen molar-refractivity contribution in [1.29, 1.82) is 0 Å². The number of nitrogen functional groups attached to an aromatic ring is 2. The Labute approximate surface area is 172 Å². The van der Waals surface area contributed by atoms with Gasteiger partial charge in [-0.25, -0.2) is 9.59 Å². The average Bonchev–Trinajstić information content (AvgIpc) is 2.64. The Kier molecular flexibility index (Phi) is 8.12. The van der Waals surface area contributed by atoms with Crippen molar-refractivity contribution in [2.24, 2.45) is 0 Å². The van der Waals surface area contributed by atoms with Crippen molar-refractivity contribution < 1.29 is 19.1 Å². The standard InChI is InChI=1S/C11H11NO2.C9H10INO2/c1-4-8-6-9(11(13)14-3)10(12)5-7(8)2;1-5-3-8(11)6(4-7(5)10)9(12)13-2/h1,5-6H,12H2,2-3H3;3-4H,11H2,1-2H3. The van der Waals surface area contributed by atoms with Crippen LogP contribution in [0.15, 0.2) is 24.3 Å². The Morgan fingerprint density at radius 1 is 0.926 bits per heavy atom. The Morgan fingerprint density at radius 2 is 1.37 bits per heavy atom. The second kappa shape index (κ2) is 9.83. The summed E-state index contributed by atoms with van der Waals surface area (Å²) in [6, 6.07) is 6.74. The van der Waals surface area contributed by atoms with Gasteiger partial charge in [0.1, 0.15) is 0 Å². The summed E-state index contributed by atoms with van der Waals surface area (Å²) in [4.78, 5) is 22.4. The zero-order valence-electron chi connectivity index (χ0n) is 15.6. The van der Waals surface area contributed by atoms with Crippen LogP contribution < -0.4 is 11.5 Å². The highest BCUT2D eigenvalue weighted by atomic mass is 127. The predicted molar refractivity (Wildman–Crippen MR) is 115 cm³/mol. The summed E-state index contributed by atoms with van der Waals surface area (Å²) < 4.78 is 10.2. The largest absolute Gasteiger partial charge is 0.465 e. The molecule has 0 radical (unpaired) electrons. The number of ether oxygens (including phenoxy) is 2. The summed E-state index contributed by atoms with van der Waals surface area (Å²) in [5.74, 6) is 1.61. The average molecular weight is 480 g/mol. The van der Waals surface area contributed by atoms with E-state index in [2.05, 4.69) is 38.0 Å². The van der Waals surface area contributed by atoms with Crippen molar-refractivity contribution in [3.8, 4) is 12.3 Å². The maximum absolute atomic E-state index is 11.2. The SMILES string of the molecule is C#Cc1cc(C(=O)OC)c(N)cc1C.COC(=O)c1cc(I)c(C)cc1N. The second-order valence-electron chi connectivity index (χ2n) is 5.57. The predicted octanol–water partition coefficient (Wildman–Crippen LogP) is 3.31. The lowest BCUT2D eigenvalue weighted by Gasteiger charge is -2.06. The Morgan fingerprint density at radius 3 is 1.81 bits per heavy atom. The van der Waals surface area contributed by atoms with Crippen molar-refractivity contribution in [3.05, 3.63) is 55.7 Å². The molecule has 2 aromatic carbocycles. The molecule has 0 aliphatic rings. The molecule has 0 heterocycles. The number of rotatable bonds is 2. The minimum absolute atomic E-state index is 0.311. The van der Waals surface area contributed by atoms with Crippen LogP contribution in [0.1, 0.15) is 37.4 Å². The molecule has 0 amide bonds. The number of benzene rings is 2. The molecule has 2 aromatic rings. The molecule has 7 heteroatoms.